The Morgan fingerprint density at radius 2 is 0.900 bits per heavy atom. The molecule has 0 radical (unpaired) electrons. The van der Waals surface area contributed by atoms with Gasteiger partial charge in [-0.1, -0.05) is 151 Å². The van der Waals surface area contributed by atoms with Crippen molar-refractivity contribution in [2.75, 3.05) is 39.4 Å². The normalized spacial score (nSPS) is 15.4. The first-order chi connectivity index (χ1) is 47.4. The number of benzene rings is 2. The minimum atomic E-state index is -1.71. The van der Waals surface area contributed by atoms with Gasteiger partial charge in [0.2, 0.25) is 23.6 Å². The molecule has 2 aromatic rings. The van der Waals surface area contributed by atoms with E-state index in [1.807, 2.05) is 74.5 Å². The maximum atomic E-state index is 13.9. The fourth-order valence-electron chi connectivity index (χ4n) is 11.1. The maximum Gasteiger partial charge on any atom is 0.408 e. The van der Waals surface area contributed by atoms with Crippen LogP contribution in [0.4, 0.5) is 14.4 Å². The number of carbonyl (C=O) groups excluding carboxylic acids is 11. The zero-order chi connectivity index (χ0) is 73.0. The van der Waals surface area contributed by atoms with E-state index in [9.17, 15) is 63.0 Å². The minimum Gasteiger partial charge on any atom is -0.460 e. The Morgan fingerprint density at radius 1 is 0.500 bits per heavy atom. The molecule has 0 bridgehead atoms. The van der Waals surface area contributed by atoms with Crippen molar-refractivity contribution < 1.29 is 86.6 Å². The molecule has 29 heteroatoms. The van der Waals surface area contributed by atoms with Gasteiger partial charge in [-0.15, -0.1) is 12.4 Å². The Hall–Kier alpha value is -8.34. The third-order valence-corrected chi connectivity index (χ3v) is 16.3. The first-order valence-electron chi connectivity index (χ1n) is 34.7. The number of aliphatic hydroxyl groups excluding tert-OH is 2. The van der Waals surface area contributed by atoms with E-state index in [1.54, 1.807) is 20.8 Å². The van der Waals surface area contributed by atoms with Crippen molar-refractivity contribution in [1.29, 1.82) is 0 Å². The van der Waals surface area contributed by atoms with E-state index < -0.39 is 133 Å². The van der Waals surface area contributed by atoms with Crippen LogP contribution in [0.3, 0.4) is 0 Å². The van der Waals surface area contributed by atoms with Gasteiger partial charge < -0.3 is 87.5 Å². The second-order valence-corrected chi connectivity index (χ2v) is 25.6. The largest absolute Gasteiger partial charge is 0.460 e. The van der Waals surface area contributed by atoms with E-state index in [-0.39, 0.29) is 82.9 Å². The molecule has 4 rings (SSSR count). The maximum absolute atomic E-state index is 13.9. The van der Waals surface area contributed by atoms with Crippen molar-refractivity contribution in [3.63, 3.8) is 0 Å². The average molecular weight is 1430 g/mol. The van der Waals surface area contributed by atoms with E-state index in [2.05, 4.69) is 61.0 Å². The molecule has 0 aromatic heterocycles. The molecule has 28 nitrogen and oxygen atoms in total. The van der Waals surface area contributed by atoms with Gasteiger partial charge in [0.1, 0.15) is 63.2 Å². The molecule has 8 atom stereocenters. The standard InChI is InChI=1S/C38H59N5O10.C33H51N5O8.ClH/c1-6-16-28(32(45)35(48)40-24-30(44)51-23-7-2)41-33(46)29(21-14-15-22-39-36(49)52-25-26-17-10-8-11-18-26)42-34(47)31(27-19-12-9-13-20-27)43-37(50)53-38(3,4)5;1-3-13-25(29(40)32(43)36-21-27(39)45-20-4-2)37-30(41)26(38-31(42)28(34)24-16-9-6-10-17-24)18-11-12-19-35-33(44)46-22-23-14-7-5-8-15-23;/h7-8,10-11,17-18,27-29,31-32,45H,2,6,9,12-16,19-25H2,1,3-5H3,(H,39,49)(H,40,48)(H,41,46)(H,42,47)(H,43,50);4-5,7-8,14-15,24-26,28-29,40H,2-3,6,9-13,16-22,34H2,1H3,(H,35,44)(H,36,43)(H,37,41)(H,38,42);1H/t28?,29-,31-,32?;25?,26-,28-,29?;/m00./s1. The summed E-state index contributed by atoms with van der Waals surface area (Å²) in [5.74, 6) is -5.53. The van der Waals surface area contributed by atoms with Gasteiger partial charge in [0, 0.05) is 13.1 Å². The number of aliphatic hydroxyl groups is 2. The molecule has 2 aliphatic carbocycles. The molecule has 0 aliphatic heterocycles. The number of nitrogens with two attached hydrogens (primary N) is 1. The fraction of sp³-hybridized carbons (Fsp3) is 0.620. The van der Waals surface area contributed by atoms with Gasteiger partial charge in [0.05, 0.1) is 18.1 Å². The third kappa shape index (κ3) is 36.7. The summed E-state index contributed by atoms with van der Waals surface area (Å²) in [4.78, 5) is 140. The molecule has 4 unspecified atom stereocenters. The summed E-state index contributed by atoms with van der Waals surface area (Å²) < 4.78 is 25.6. The molecule has 2 fully saturated rings. The lowest BCUT2D eigenvalue weighted by atomic mass is 9.83. The lowest BCUT2D eigenvalue weighted by Gasteiger charge is -2.32. The van der Waals surface area contributed by atoms with Gasteiger partial charge >= 0.3 is 30.2 Å². The highest BCUT2D eigenvalue weighted by molar-refractivity contribution is 5.93. The number of hydrogen-bond donors (Lipinski definition) is 12. The number of esters is 2. The number of rotatable bonds is 41. The highest BCUT2D eigenvalue weighted by Gasteiger charge is 2.37. The summed E-state index contributed by atoms with van der Waals surface area (Å²) in [5, 5.41) is 45.3. The average Bonchev–Trinajstić information content (AvgIpc) is 0.853. The molecule has 2 aliphatic rings. The number of unbranched alkanes of at least 4 members (excludes halogenated alkanes) is 2. The zero-order valence-electron chi connectivity index (χ0n) is 58.8. The summed E-state index contributed by atoms with van der Waals surface area (Å²) in [5.41, 5.74) is 7.22. The van der Waals surface area contributed by atoms with Crippen molar-refractivity contribution in [1.82, 2.24) is 47.9 Å². The predicted octanol–water partition coefficient (Wildman–Crippen LogP) is 5.92. The molecular formula is C71H111ClN10O18. The molecule has 0 heterocycles. The monoisotopic (exact) mass is 1430 g/mol. The molecular weight excluding hydrogens is 1320 g/mol. The third-order valence-electron chi connectivity index (χ3n) is 16.3. The highest BCUT2D eigenvalue weighted by Crippen LogP contribution is 2.28. The summed E-state index contributed by atoms with van der Waals surface area (Å²) in [6, 6.07) is 12.7. The van der Waals surface area contributed by atoms with E-state index in [4.69, 9.17) is 29.4 Å². The van der Waals surface area contributed by atoms with Crippen LogP contribution in [0.25, 0.3) is 0 Å². The summed E-state index contributed by atoms with van der Waals surface area (Å²) in [7, 11) is 0. The molecule has 2 aromatic carbocycles. The van der Waals surface area contributed by atoms with Crippen LogP contribution >= 0.6 is 12.4 Å². The second kappa shape index (κ2) is 50.1. The van der Waals surface area contributed by atoms with Gasteiger partial charge in [0.25, 0.3) is 11.8 Å². The van der Waals surface area contributed by atoms with Gasteiger partial charge in [-0.2, -0.15) is 0 Å². The molecule has 100 heavy (non-hydrogen) atoms. The van der Waals surface area contributed by atoms with Crippen molar-refractivity contribution in [2.24, 2.45) is 17.6 Å². The number of alkyl carbamates (subject to hydrolysis) is 3. The Morgan fingerprint density at radius 3 is 1.29 bits per heavy atom. The molecule has 560 valence electrons. The van der Waals surface area contributed by atoms with E-state index in [0.717, 1.165) is 62.5 Å². The Kier molecular flexibility index (Phi) is 43.9. The van der Waals surface area contributed by atoms with Crippen LogP contribution in [0.1, 0.15) is 174 Å². The summed E-state index contributed by atoms with van der Waals surface area (Å²) in [6.45, 7) is 15.5. The number of ether oxygens (including phenoxy) is 5. The number of hydrogen-bond acceptors (Lipinski definition) is 19. The summed E-state index contributed by atoms with van der Waals surface area (Å²) in [6.07, 6.45) is 10.1. The van der Waals surface area contributed by atoms with Crippen LogP contribution < -0.4 is 53.6 Å². The van der Waals surface area contributed by atoms with Crippen LogP contribution in [-0.4, -0.2) is 169 Å². The van der Waals surface area contributed by atoms with Crippen molar-refractivity contribution in [3.05, 3.63) is 97.1 Å². The van der Waals surface area contributed by atoms with Crippen molar-refractivity contribution in [2.45, 2.75) is 230 Å². The predicted molar refractivity (Wildman–Crippen MR) is 376 cm³/mol. The van der Waals surface area contributed by atoms with Crippen LogP contribution in [0.15, 0.2) is 86.0 Å². The second-order valence-electron chi connectivity index (χ2n) is 25.6. The number of carbonyl (C=O) groups is 11. The highest BCUT2D eigenvalue weighted by atomic mass is 35.5. The van der Waals surface area contributed by atoms with E-state index in [0.29, 0.717) is 57.9 Å². The zero-order valence-corrected chi connectivity index (χ0v) is 59.6. The Balaban J connectivity index is 0.000000680. The SMILES string of the molecule is C=CCOC(=O)CNC(=O)C(O)C(CCC)NC(=O)[C@H](CCCCNC(=O)OCc1ccccc1)NC(=O)[C@@H](N)C1CCCCC1.C=CCOC(=O)CNC(=O)C(O)C(CCC)NC(=O)[C@H](CCCCNC(=O)OCc1ccccc1)NC(=O)[C@@H](NC(=O)OC(C)(C)C)C1CCCCC1.Cl. The van der Waals surface area contributed by atoms with Crippen LogP contribution in [0, 0.1) is 11.8 Å². The fourth-order valence-corrected chi connectivity index (χ4v) is 11.1. The van der Waals surface area contributed by atoms with Gasteiger partial charge in [-0.05, 0) is 121 Å². The van der Waals surface area contributed by atoms with Crippen LogP contribution in [-0.2, 0) is 75.3 Å². The van der Waals surface area contributed by atoms with Crippen LogP contribution in [0.5, 0.6) is 0 Å². The topological polar surface area (TPSA) is 409 Å². The Bertz CT molecular complexity index is 2820. The van der Waals surface area contributed by atoms with Gasteiger partial charge in [0.15, 0.2) is 12.2 Å². The Labute approximate surface area is 594 Å². The molecule has 0 saturated heterocycles. The molecule has 0 spiro atoms. The van der Waals surface area contributed by atoms with Crippen LogP contribution in [0.2, 0.25) is 0 Å². The van der Waals surface area contributed by atoms with Crippen molar-refractivity contribution in [3.8, 4) is 0 Å². The smallest absolute Gasteiger partial charge is 0.408 e. The number of nitrogens with one attached hydrogen (secondary N) is 9. The summed E-state index contributed by atoms with van der Waals surface area (Å²) >= 11 is 0. The first-order valence-corrected chi connectivity index (χ1v) is 34.7. The number of amides is 9. The quantitative estimate of drug-likeness (QED) is 0.0159. The van der Waals surface area contributed by atoms with Gasteiger partial charge in [-0.25, -0.2) is 14.4 Å². The first kappa shape index (κ1) is 87.7. The van der Waals surface area contributed by atoms with E-state index >= 15 is 0 Å². The minimum absolute atomic E-state index is 0. The lowest BCUT2D eigenvalue weighted by molar-refractivity contribution is -0.144. The number of halogens is 1. The molecule has 2 saturated carbocycles. The van der Waals surface area contributed by atoms with Gasteiger partial charge in [-0.3, -0.25) is 38.4 Å². The molecule has 9 amide bonds. The van der Waals surface area contributed by atoms with E-state index in [1.165, 1.54) is 12.2 Å². The van der Waals surface area contributed by atoms with Crippen molar-refractivity contribution >= 4 is 78.1 Å². The molecule has 13 N–H and O–H groups in total. The lowest BCUT2D eigenvalue weighted by Crippen LogP contribution is -2.59.